The second kappa shape index (κ2) is 17.5. The molecule has 0 aliphatic carbocycles. The van der Waals surface area contributed by atoms with Crippen LogP contribution in [0.2, 0.25) is 0 Å². The second-order valence-corrected chi connectivity index (χ2v) is 26.1. The number of aromatic nitrogens is 4. The third-order valence-corrected chi connectivity index (χ3v) is 19.6. The summed E-state index contributed by atoms with van der Waals surface area (Å²) in [4.78, 5) is 4.79. The second-order valence-electron chi connectivity index (χ2n) is 24.1. The highest BCUT2D eigenvalue weighted by Crippen LogP contribution is 2.55. The van der Waals surface area contributed by atoms with Gasteiger partial charge in [0.2, 0.25) is 5.69 Å². The first-order valence-electron chi connectivity index (χ1n) is 34.1. The van der Waals surface area contributed by atoms with E-state index in [1.807, 2.05) is 118 Å². The molecule has 8 heteroatoms. The topological polar surface area (TPSA) is 47.9 Å². The zero-order valence-electron chi connectivity index (χ0n) is 58.9. The van der Waals surface area contributed by atoms with Gasteiger partial charge in [0, 0.05) is 78.1 Å². The zero-order chi connectivity index (χ0) is 67.9. The number of nitriles is 1. The van der Waals surface area contributed by atoms with Crippen molar-refractivity contribution in [2.75, 3.05) is 0 Å². The third kappa shape index (κ3) is 6.72. The number of thiophene rings is 2. The van der Waals surface area contributed by atoms with E-state index in [-0.39, 0.29) is 86.8 Å². The maximum Gasteiger partial charge on any atom is 0.237 e. The standard InChI is InChI=1S/C77H54N6S2/c1-43-33-37-62-53(39-43)50-35-36-51-49-25-13-19-31-64(49)84-74(51)70(50)83(62)73-69(80-58-27-15-9-21-45(58)46-22-10-16-28-59(46)80)56(42-78)68(67(79-8)72(73)81-60-29-17-11-23-47(60)48-24-12-18-30-61(48)81)82-63-38-34-44(76(2,3)4)40-54(63)55-41-57(77(5,6)7)66-52-26-14-20-32-65(52)85-75(66)71(55)82/h9-41H,1-7H3/i1D3,13D,19D,25D,31D,33D,35D,36D,37D,39D. The van der Waals surface area contributed by atoms with Crippen molar-refractivity contribution < 1.29 is 16.4 Å². The summed E-state index contributed by atoms with van der Waals surface area (Å²) in [7, 11) is 0. The number of fused-ring (bicyclic) bond motifs is 20. The third-order valence-electron chi connectivity index (χ3n) is 17.3. The van der Waals surface area contributed by atoms with Crippen LogP contribution in [0.5, 0.6) is 0 Å². The van der Waals surface area contributed by atoms with Crippen LogP contribution < -0.4 is 0 Å². The van der Waals surface area contributed by atoms with Gasteiger partial charge in [-0.05, 0) is 95.5 Å². The lowest BCUT2D eigenvalue weighted by atomic mass is 9.82. The minimum Gasteiger partial charge on any atom is -0.317 e. The average molecular weight is 1140 g/mol. The molecule has 11 aromatic carbocycles. The molecule has 0 aliphatic heterocycles. The van der Waals surface area contributed by atoms with Crippen LogP contribution in [-0.4, -0.2) is 18.3 Å². The highest BCUT2D eigenvalue weighted by atomic mass is 32.1. The van der Waals surface area contributed by atoms with E-state index in [2.05, 4.69) is 88.6 Å². The van der Waals surface area contributed by atoms with Gasteiger partial charge in [-0.15, -0.1) is 22.7 Å². The first kappa shape index (κ1) is 38.7. The van der Waals surface area contributed by atoms with Gasteiger partial charge in [-0.25, -0.2) is 4.85 Å². The van der Waals surface area contributed by atoms with Gasteiger partial charge in [0.25, 0.3) is 0 Å². The van der Waals surface area contributed by atoms with Crippen LogP contribution in [0, 0.1) is 24.8 Å². The molecule has 0 saturated heterocycles. The van der Waals surface area contributed by atoms with Crippen molar-refractivity contribution in [2.24, 2.45) is 0 Å². The van der Waals surface area contributed by atoms with Crippen molar-refractivity contribution in [1.29, 1.82) is 5.26 Å². The Labute approximate surface area is 515 Å². The monoisotopic (exact) mass is 1140 g/mol. The van der Waals surface area contributed by atoms with E-state index in [0.29, 0.717) is 27.6 Å². The molecule has 0 unspecified atom stereocenters. The molecule has 0 bridgehead atoms. The van der Waals surface area contributed by atoms with Crippen molar-refractivity contribution >= 4 is 156 Å². The summed E-state index contributed by atoms with van der Waals surface area (Å²) < 4.78 is 124. The van der Waals surface area contributed by atoms with Gasteiger partial charge < -0.3 is 18.3 Å². The number of nitrogens with zero attached hydrogens (tertiary/aromatic N) is 6. The Bertz CT molecular complexity index is 6340. The van der Waals surface area contributed by atoms with E-state index in [1.165, 1.54) is 0 Å². The van der Waals surface area contributed by atoms with Crippen LogP contribution in [0.1, 0.15) is 80.2 Å². The van der Waals surface area contributed by atoms with Gasteiger partial charge in [0.05, 0.1) is 101 Å². The number of hydrogen-bond donors (Lipinski definition) is 0. The maximum atomic E-state index is 13.2. The molecule has 0 spiro atoms. The van der Waals surface area contributed by atoms with Gasteiger partial charge in [-0.1, -0.05) is 180 Å². The molecule has 0 N–H and O–H groups in total. The number of benzene rings is 11. The van der Waals surface area contributed by atoms with Gasteiger partial charge >= 0.3 is 0 Å². The first-order chi connectivity index (χ1) is 46.3. The number of hydrogen-bond acceptors (Lipinski definition) is 3. The normalized spacial score (nSPS) is 14.8. The minimum absolute atomic E-state index is 0.0157. The predicted molar refractivity (Wildman–Crippen MR) is 363 cm³/mol. The van der Waals surface area contributed by atoms with Crippen molar-refractivity contribution in [3.63, 3.8) is 0 Å². The Kier molecular flexibility index (Phi) is 8.00. The summed E-state index contributed by atoms with van der Waals surface area (Å²) in [6.45, 7) is 20.2. The lowest BCUT2D eigenvalue weighted by Gasteiger charge is -2.27. The summed E-state index contributed by atoms with van der Waals surface area (Å²) in [6.07, 6.45) is 0. The van der Waals surface area contributed by atoms with Gasteiger partial charge in [-0.2, -0.15) is 5.26 Å². The Hall–Kier alpha value is -9.96. The fraction of sp³-hybridized carbons (Fsp3) is 0.117. The highest BCUT2D eigenvalue weighted by molar-refractivity contribution is 7.27. The van der Waals surface area contributed by atoms with Crippen LogP contribution in [0.15, 0.2) is 200 Å². The smallest absolute Gasteiger partial charge is 0.237 e. The van der Waals surface area contributed by atoms with Gasteiger partial charge in [0.1, 0.15) is 6.07 Å². The molecule has 0 amide bonds. The van der Waals surface area contributed by atoms with E-state index in [4.69, 9.17) is 11.7 Å². The van der Waals surface area contributed by atoms with E-state index in [1.54, 1.807) is 15.9 Å². The molecule has 0 saturated carbocycles. The van der Waals surface area contributed by atoms with Gasteiger partial charge in [-0.3, -0.25) is 0 Å². The Morgan fingerprint density at radius 1 is 0.471 bits per heavy atom. The quantitative estimate of drug-likeness (QED) is 0.162. The number of para-hydroxylation sites is 4. The molecule has 17 aromatic rings. The van der Waals surface area contributed by atoms with Crippen LogP contribution in [0.3, 0.4) is 0 Å². The molecule has 6 aromatic heterocycles. The molecule has 404 valence electrons. The molecule has 17 rings (SSSR count). The Morgan fingerprint density at radius 3 is 1.66 bits per heavy atom. The minimum atomic E-state index is -3.16. The molecular formula is C77H54N6S2. The largest absolute Gasteiger partial charge is 0.317 e. The molecule has 85 heavy (non-hydrogen) atoms. The summed E-state index contributed by atoms with van der Waals surface area (Å²) >= 11 is 2.56. The van der Waals surface area contributed by atoms with E-state index >= 15 is 0 Å². The molecule has 6 nitrogen and oxygen atoms in total. The lowest BCUT2D eigenvalue weighted by molar-refractivity contribution is 0.591. The summed E-state index contributed by atoms with van der Waals surface area (Å²) in [5, 5.41) is 19.6. The Morgan fingerprint density at radius 2 is 1.04 bits per heavy atom. The molecular weight excluding hydrogens is 1070 g/mol. The van der Waals surface area contributed by atoms with E-state index in [9.17, 15) is 21.4 Å². The van der Waals surface area contributed by atoms with Crippen molar-refractivity contribution in [3.05, 3.63) is 234 Å². The zero-order valence-corrected chi connectivity index (χ0v) is 48.5. The summed E-state index contributed by atoms with van der Waals surface area (Å²) in [6, 6.07) is 45.7. The van der Waals surface area contributed by atoms with Gasteiger partial charge in [0.15, 0.2) is 0 Å². The van der Waals surface area contributed by atoms with Crippen molar-refractivity contribution in [1.82, 2.24) is 18.3 Å². The average Bonchev–Trinajstić information content (AvgIpc) is 1.54. The van der Waals surface area contributed by atoms with Crippen LogP contribution in [0.4, 0.5) is 5.69 Å². The van der Waals surface area contributed by atoms with Crippen molar-refractivity contribution in [3.8, 4) is 28.8 Å². The first-order valence-corrected chi connectivity index (χ1v) is 29.8. The van der Waals surface area contributed by atoms with Crippen LogP contribution >= 0.6 is 22.7 Å². The fourth-order valence-corrected chi connectivity index (χ4v) is 16.0. The summed E-state index contributed by atoms with van der Waals surface area (Å²) in [5.74, 6) is 0. The molecule has 0 radical (unpaired) electrons. The molecule has 0 atom stereocenters. The fourth-order valence-electron chi connectivity index (χ4n) is 13.6. The molecule has 0 aliphatic rings. The van der Waals surface area contributed by atoms with E-state index in [0.717, 1.165) is 80.5 Å². The lowest BCUT2D eigenvalue weighted by Crippen LogP contribution is -2.15. The van der Waals surface area contributed by atoms with Crippen molar-refractivity contribution in [2.45, 2.75) is 59.2 Å². The summed E-state index contributed by atoms with van der Waals surface area (Å²) in [5.41, 5.74) is 4.74. The maximum absolute atomic E-state index is 13.2. The number of rotatable bonds is 4. The molecule has 0 fully saturated rings. The van der Waals surface area contributed by atoms with Crippen LogP contribution in [-0.2, 0) is 10.8 Å². The highest BCUT2D eigenvalue weighted by Gasteiger charge is 2.36. The predicted octanol–water partition coefficient (Wildman–Crippen LogP) is 22.1. The SMILES string of the molecule is [2H]c1c([2H])c([2H])c2c(sc3c2c([2H])c([2H])c2c4c([2H])c(C([2H])([2H])[2H])c([2H])c([2H])c4n(-c4c(-n5c6ccccc6c6ccccc65)c(C#N)c(-n5c6ccc(C(C)(C)C)cc6c6cc(C(C)(C)C)c7c8ccccc8sc7c65)c([N+]#[C-])c4-n4c5ccccc5c5ccccc54)c32)c1[2H]. The van der Waals surface area contributed by atoms with E-state index < -0.39 is 66.8 Å². The van der Waals surface area contributed by atoms with Crippen LogP contribution in [0.25, 0.3) is 155 Å². The Balaban J connectivity index is 1.25. The molecule has 6 heterocycles.